The van der Waals surface area contributed by atoms with Gasteiger partial charge < -0.3 is 0 Å². The highest BCUT2D eigenvalue weighted by atomic mass is 15.1. The summed E-state index contributed by atoms with van der Waals surface area (Å²) in [6.07, 6.45) is 12.7. The van der Waals surface area contributed by atoms with Crippen molar-refractivity contribution in [3.05, 3.63) is 65.8 Å². The molecule has 0 spiro atoms. The average molecular weight is 346 g/mol. The lowest BCUT2D eigenvalue weighted by Gasteiger charge is -2.31. The number of hydrogen-bond acceptors (Lipinski definition) is 4. The van der Waals surface area contributed by atoms with E-state index >= 15 is 0 Å². The Labute approximate surface area is 155 Å². The molecule has 0 saturated heterocycles. The van der Waals surface area contributed by atoms with Crippen molar-refractivity contribution in [1.82, 2.24) is 19.9 Å². The first-order valence-corrected chi connectivity index (χ1v) is 9.50. The summed E-state index contributed by atoms with van der Waals surface area (Å²) in [5.41, 5.74) is 6.35. The molecule has 4 rings (SSSR count). The molecule has 1 unspecified atom stereocenters. The zero-order valence-corrected chi connectivity index (χ0v) is 15.5. The Hall–Kier alpha value is -2.33. The molecule has 0 N–H and O–H groups in total. The number of pyridine rings is 1. The number of aromatic nitrogens is 3. The van der Waals surface area contributed by atoms with Crippen LogP contribution in [0.25, 0.3) is 11.4 Å². The minimum atomic E-state index is 0.681. The van der Waals surface area contributed by atoms with E-state index in [9.17, 15) is 0 Å². The van der Waals surface area contributed by atoms with E-state index < -0.39 is 0 Å². The van der Waals surface area contributed by atoms with Crippen molar-refractivity contribution in [3.8, 4) is 11.4 Å². The van der Waals surface area contributed by atoms with Gasteiger partial charge in [-0.05, 0) is 44.2 Å². The van der Waals surface area contributed by atoms with Crippen LogP contribution in [-0.2, 0) is 13.0 Å². The Morgan fingerprint density at radius 3 is 2.96 bits per heavy atom. The topological polar surface area (TPSA) is 41.9 Å². The van der Waals surface area contributed by atoms with Crippen LogP contribution in [0.3, 0.4) is 0 Å². The summed E-state index contributed by atoms with van der Waals surface area (Å²) >= 11 is 0. The average Bonchev–Trinajstić information content (AvgIpc) is 2.69. The van der Waals surface area contributed by atoms with Crippen LogP contribution in [0.5, 0.6) is 0 Å². The van der Waals surface area contributed by atoms with E-state index in [0.29, 0.717) is 5.92 Å². The monoisotopic (exact) mass is 346 g/mol. The van der Waals surface area contributed by atoms with Gasteiger partial charge in [-0.3, -0.25) is 9.88 Å². The Morgan fingerprint density at radius 2 is 2.23 bits per heavy atom. The van der Waals surface area contributed by atoms with Crippen molar-refractivity contribution in [2.24, 2.45) is 5.92 Å². The van der Waals surface area contributed by atoms with E-state index in [1.165, 1.54) is 29.7 Å². The molecule has 26 heavy (non-hydrogen) atoms. The minimum absolute atomic E-state index is 0.681. The molecule has 0 radical (unpaired) electrons. The lowest BCUT2D eigenvalue weighted by Crippen LogP contribution is -2.33. The molecule has 0 bridgehead atoms. The van der Waals surface area contributed by atoms with Gasteiger partial charge in [0.2, 0.25) is 0 Å². The molecule has 2 aliphatic rings. The van der Waals surface area contributed by atoms with Crippen molar-refractivity contribution in [3.63, 3.8) is 0 Å². The van der Waals surface area contributed by atoms with Crippen molar-refractivity contribution in [2.75, 3.05) is 13.1 Å². The fourth-order valence-corrected chi connectivity index (χ4v) is 3.91. The molecular weight excluding hydrogens is 320 g/mol. The Balaban J connectivity index is 1.42. The van der Waals surface area contributed by atoms with E-state index in [2.05, 4.69) is 34.4 Å². The summed E-state index contributed by atoms with van der Waals surface area (Å²) < 4.78 is 0. The van der Waals surface area contributed by atoms with Gasteiger partial charge in [0.15, 0.2) is 5.82 Å². The molecule has 1 atom stereocenters. The standard InChI is InChI=1S/C22H26N4/c1-16(2)18-7-5-17(6-8-18)14-26-11-9-21-20(15-26)13-24-22(25-21)19-4-3-10-23-12-19/h3-5,10,12-13,18H,1,6-9,11,14-15H2,2H3. The van der Waals surface area contributed by atoms with E-state index in [4.69, 9.17) is 4.98 Å². The maximum atomic E-state index is 4.79. The van der Waals surface area contributed by atoms with Gasteiger partial charge >= 0.3 is 0 Å². The molecule has 134 valence electrons. The number of fused-ring (bicyclic) bond motifs is 1. The second kappa shape index (κ2) is 7.50. The van der Waals surface area contributed by atoms with Gasteiger partial charge in [-0.15, -0.1) is 0 Å². The van der Waals surface area contributed by atoms with Gasteiger partial charge in [-0.25, -0.2) is 9.97 Å². The first-order chi connectivity index (χ1) is 12.7. The molecular formula is C22H26N4. The first-order valence-electron chi connectivity index (χ1n) is 9.50. The van der Waals surface area contributed by atoms with Crippen LogP contribution in [-0.4, -0.2) is 32.9 Å². The highest BCUT2D eigenvalue weighted by Gasteiger charge is 2.21. The van der Waals surface area contributed by atoms with Crippen LogP contribution in [0.1, 0.15) is 37.4 Å². The third-order valence-electron chi connectivity index (χ3n) is 5.56. The van der Waals surface area contributed by atoms with Crippen LogP contribution in [0.4, 0.5) is 0 Å². The summed E-state index contributed by atoms with van der Waals surface area (Å²) in [5.74, 6) is 1.46. The van der Waals surface area contributed by atoms with Crippen molar-refractivity contribution >= 4 is 0 Å². The van der Waals surface area contributed by atoms with Gasteiger partial charge in [-0.1, -0.05) is 23.8 Å². The second-order valence-electron chi connectivity index (χ2n) is 7.55. The van der Waals surface area contributed by atoms with Crippen LogP contribution in [0, 0.1) is 5.92 Å². The maximum absolute atomic E-state index is 4.79. The van der Waals surface area contributed by atoms with Crippen molar-refractivity contribution < 1.29 is 0 Å². The molecule has 3 heterocycles. The van der Waals surface area contributed by atoms with Gasteiger partial charge in [0.1, 0.15) is 0 Å². The van der Waals surface area contributed by atoms with E-state index in [1.54, 1.807) is 11.8 Å². The smallest absolute Gasteiger partial charge is 0.160 e. The predicted octanol–water partition coefficient (Wildman–Crippen LogP) is 4.20. The zero-order valence-electron chi connectivity index (χ0n) is 15.5. The third kappa shape index (κ3) is 3.75. The molecule has 0 fully saturated rings. The highest BCUT2D eigenvalue weighted by molar-refractivity contribution is 5.53. The number of allylic oxidation sites excluding steroid dienone is 2. The number of nitrogens with zero attached hydrogens (tertiary/aromatic N) is 4. The van der Waals surface area contributed by atoms with Crippen LogP contribution in [0.2, 0.25) is 0 Å². The Bertz CT molecular complexity index is 825. The lowest BCUT2D eigenvalue weighted by molar-refractivity contribution is 0.267. The molecule has 0 saturated carbocycles. The van der Waals surface area contributed by atoms with Gasteiger partial charge in [0, 0.05) is 55.8 Å². The molecule has 0 aromatic carbocycles. The van der Waals surface area contributed by atoms with Gasteiger partial charge in [0.25, 0.3) is 0 Å². The zero-order chi connectivity index (χ0) is 17.9. The normalized spacial score (nSPS) is 20.3. The third-order valence-corrected chi connectivity index (χ3v) is 5.56. The molecule has 4 heteroatoms. The first kappa shape index (κ1) is 17.1. The molecule has 4 nitrogen and oxygen atoms in total. The summed E-state index contributed by atoms with van der Waals surface area (Å²) in [5, 5.41) is 0. The maximum Gasteiger partial charge on any atom is 0.160 e. The summed E-state index contributed by atoms with van der Waals surface area (Å²) in [6, 6.07) is 3.94. The number of hydrogen-bond donors (Lipinski definition) is 0. The van der Waals surface area contributed by atoms with Crippen LogP contribution in [0.15, 0.2) is 54.5 Å². The largest absolute Gasteiger partial charge is 0.295 e. The number of rotatable bonds is 4. The fraction of sp³-hybridized carbons (Fsp3) is 0.409. The summed E-state index contributed by atoms with van der Waals surface area (Å²) in [7, 11) is 0. The van der Waals surface area contributed by atoms with E-state index in [1.807, 2.05) is 24.5 Å². The molecule has 1 aliphatic carbocycles. The molecule has 0 amide bonds. The summed E-state index contributed by atoms with van der Waals surface area (Å²) in [4.78, 5) is 16.1. The SMILES string of the molecule is C=C(C)C1CC=C(CN2CCc3nc(-c4cccnc4)ncc3C2)CC1. The minimum Gasteiger partial charge on any atom is -0.295 e. The summed E-state index contributed by atoms with van der Waals surface area (Å²) in [6.45, 7) is 9.37. The molecule has 2 aromatic rings. The van der Waals surface area contributed by atoms with Crippen molar-refractivity contribution in [2.45, 2.75) is 39.2 Å². The highest BCUT2D eigenvalue weighted by Crippen LogP contribution is 2.29. The van der Waals surface area contributed by atoms with Crippen molar-refractivity contribution in [1.29, 1.82) is 0 Å². The lowest BCUT2D eigenvalue weighted by atomic mass is 9.85. The molecule has 2 aromatic heterocycles. The fourth-order valence-electron chi connectivity index (χ4n) is 3.91. The molecule has 1 aliphatic heterocycles. The van der Waals surface area contributed by atoms with E-state index in [-0.39, 0.29) is 0 Å². The second-order valence-corrected chi connectivity index (χ2v) is 7.55. The van der Waals surface area contributed by atoms with Gasteiger partial charge in [-0.2, -0.15) is 0 Å². The van der Waals surface area contributed by atoms with Gasteiger partial charge in [0.05, 0.1) is 5.69 Å². The van der Waals surface area contributed by atoms with Crippen LogP contribution >= 0.6 is 0 Å². The van der Waals surface area contributed by atoms with Crippen LogP contribution < -0.4 is 0 Å². The van der Waals surface area contributed by atoms with E-state index in [0.717, 1.165) is 43.9 Å². The Kier molecular flexibility index (Phi) is 4.93. The quantitative estimate of drug-likeness (QED) is 0.778. The predicted molar refractivity (Wildman–Crippen MR) is 104 cm³/mol. The Morgan fingerprint density at radius 1 is 1.31 bits per heavy atom.